The summed E-state index contributed by atoms with van der Waals surface area (Å²) in [5, 5.41) is 9.77. The number of thiazole rings is 1. The molecule has 1 aromatic carbocycles. The molecule has 1 unspecified atom stereocenters. The largest absolute Gasteiger partial charge is 0.306 e. The number of likely N-dealkylation sites (tertiary alicyclic amines) is 1. The Balaban J connectivity index is 1.68. The van der Waals surface area contributed by atoms with Crippen molar-refractivity contribution < 1.29 is 18.8 Å². The van der Waals surface area contributed by atoms with E-state index >= 15 is 0 Å². The highest BCUT2D eigenvalue weighted by molar-refractivity contribution is 7.79. The topological polar surface area (TPSA) is 103 Å². The summed E-state index contributed by atoms with van der Waals surface area (Å²) in [6, 6.07) is 5.76. The fourth-order valence-corrected chi connectivity index (χ4v) is 5.06. The molecule has 0 radical (unpaired) electrons. The minimum absolute atomic E-state index is 0.262. The molecule has 158 valence electrons. The van der Waals surface area contributed by atoms with E-state index < -0.39 is 22.4 Å². The first-order valence-corrected chi connectivity index (χ1v) is 11.5. The fraction of sp³-hybridized carbons (Fsp3) is 0.429. The zero-order valence-electron chi connectivity index (χ0n) is 16.8. The molecule has 2 aromatic rings. The summed E-state index contributed by atoms with van der Waals surface area (Å²) in [5.41, 5.74) is 2.12. The van der Waals surface area contributed by atoms with Crippen molar-refractivity contribution in [2.24, 2.45) is 11.3 Å². The van der Waals surface area contributed by atoms with Gasteiger partial charge in [-0.25, -0.2) is 14.7 Å². The summed E-state index contributed by atoms with van der Waals surface area (Å²) < 4.78 is 21.4. The van der Waals surface area contributed by atoms with Gasteiger partial charge in [0.15, 0.2) is 11.1 Å². The molecule has 1 fully saturated rings. The Morgan fingerprint density at radius 2 is 2.20 bits per heavy atom. The second kappa shape index (κ2) is 9.69. The monoisotopic (exact) mass is 445 g/mol. The molecule has 0 aliphatic carbocycles. The number of aromatic nitrogens is 1. The van der Waals surface area contributed by atoms with Crippen molar-refractivity contribution in [2.45, 2.75) is 19.8 Å². The molecule has 0 bridgehead atoms. The number of rotatable bonds is 6. The number of amides is 1. The molecule has 3 rings (SSSR count). The number of fused-ring (bicyclic) bond motifs is 1. The summed E-state index contributed by atoms with van der Waals surface area (Å²) in [6.07, 6.45) is 0.729. The Morgan fingerprint density at radius 1 is 1.43 bits per heavy atom. The van der Waals surface area contributed by atoms with Crippen LogP contribution in [0, 0.1) is 35.0 Å². The van der Waals surface area contributed by atoms with Crippen molar-refractivity contribution >= 4 is 38.5 Å². The van der Waals surface area contributed by atoms with Gasteiger partial charge in [0.25, 0.3) is 0 Å². The van der Waals surface area contributed by atoms with Crippen LogP contribution in [-0.4, -0.2) is 55.7 Å². The van der Waals surface area contributed by atoms with E-state index in [0.717, 1.165) is 33.9 Å². The van der Waals surface area contributed by atoms with Gasteiger partial charge >= 0.3 is 0 Å². The Morgan fingerprint density at radius 3 is 2.87 bits per heavy atom. The van der Waals surface area contributed by atoms with E-state index in [1.54, 1.807) is 12.4 Å². The fourth-order valence-electron chi connectivity index (χ4n) is 3.23. The maximum absolute atomic E-state index is 12.0. The highest BCUT2D eigenvalue weighted by Crippen LogP contribution is 2.29. The maximum Gasteiger partial charge on any atom is 0.250 e. The van der Waals surface area contributed by atoms with E-state index in [9.17, 15) is 13.6 Å². The van der Waals surface area contributed by atoms with E-state index in [1.807, 2.05) is 18.2 Å². The first-order valence-electron chi connectivity index (χ1n) is 9.40. The molecular weight excluding hydrogens is 422 g/mol. The minimum atomic E-state index is -2.16. The zero-order valence-corrected chi connectivity index (χ0v) is 18.4. The summed E-state index contributed by atoms with van der Waals surface area (Å²) >= 11 is -0.662. The van der Waals surface area contributed by atoms with Crippen molar-refractivity contribution in [1.29, 1.82) is 0 Å². The lowest BCUT2D eigenvalue weighted by atomic mass is 9.87. The van der Waals surface area contributed by atoms with Crippen LogP contribution in [-0.2, 0) is 22.3 Å². The van der Waals surface area contributed by atoms with E-state index in [-0.39, 0.29) is 12.2 Å². The molecule has 0 saturated carbocycles. The molecule has 1 amide bonds. The third-order valence-corrected chi connectivity index (χ3v) is 6.99. The van der Waals surface area contributed by atoms with Crippen molar-refractivity contribution in [3.05, 3.63) is 28.8 Å². The van der Waals surface area contributed by atoms with Crippen molar-refractivity contribution in [3.8, 4) is 23.7 Å². The van der Waals surface area contributed by atoms with Gasteiger partial charge < -0.3 is 9.45 Å². The van der Waals surface area contributed by atoms with Gasteiger partial charge in [-0.15, -0.1) is 11.3 Å². The van der Waals surface area contributed by atoms with Crippen LogP contribution in [0.15, 0.2) is 18.2 Å². The van der Waals surface area contributed by atoms with Crippen molar-refractivity contribution in [1.82, 2.24) is 15.4 Å². The molecular formula is C21H23N3O4S2. The van der Waals surface area contributed by atoms with E-state index in [2.05, 4.69) is 40.6 Å². The lowest BCUT2D eigenvalue weighted by Gasteiger charge is -2.32. The van der Waals surface area contributed by atoms with Crippen molar-refractivity contribution in [3.63, 3.8) is 0 Å². The summed E-state index contributed by atoms with van der Waals surface area (Å²) in [5.74, 6) is 11.5. The number of hydrogen-bond acceptors (Lipinski definition) is 6. The number of carbonyl (C=O) groups is 1. The van der Waals surface area contributed by atoms with Crippen molar-refractivity contribution in [2.75, 3.05) is 25.9 Å². The lowest BCUT2D eigenvalue weighted by molar-refractivity contribution is -0.138. The normalized spacial score (nSPS) is 17.1. The molecule has 7 nitrogen and oxygen atoms in total. The second-order valence-electron chi connectivity index (χ2n) is 7.69. The molecule has 1 aromatic heterocycles. The van der Waals surface area contributed by atoms with Gasteiger partial charge in [-0.2, -0.15) is 0 Å². The molecule has 1 aliphatic rings. The van der Waals surface area contributed by atoms with Crippen LogP contribution in [0.3, 0.4) is 0 Å². The summed E-state index contributed by atoms with van der Waals surface area (Å²) in [6.45, 7) is 3.55. The molecule has 2 atom stereocenters. The molecule has 0 spiro atoms. The Hall–Kier alpha value is -2.27. The Bertz CT molecular complexity index is 1090. The van der Waals surface area contributed by atoms with Gasteiger partial charge in [0.2, 0.25) is 5.91 Å². The van der Waals surface area contributed by atoms with E-state index in [1.165, 1.54) is 11.3 Å². The highest BCUT2D eigenvalue weighted by Gasteiger charge is 2.35. The predicted molar refractivity (Wildman–Crippen MR) is 117 cm³/mol. The van der Waals surface area contributed by atoms with Gasteiger partial charge in [-0.3, -0.25) is 10.0 Å². The number of hydrogen-bond donors (Lipinski definition) is 3. The lowest BCUT2D eigenvalue weighted by Crippen LogP contribution is -2.42. The third kappa shape index (κ3) is 5.66. The van der Waals surface area contributed by atoms with Gasteiger partial charge in [-0.1, -0.05) is 11.8 Å². The second-order valence-corrected chi connectivity index (χ2v) is 9.74. The maximum atomic E-state index is 12.0. The first kappa shape index (κ1) is 22.4. The number of nitrogens with one attached hydrogen (secondary N) is 1. The third-order valence-electron chi connectivity index (χ3n) is 5.02. The van der Waals surface area contributed by atoms with Crippen LogP contribution in [0.4, 0.5) is 0 Å². The van der Waals surface area contributed by atoms with Crippen LogP contribution in [0.2, 0.25) is 0 Å². The highest BCUT2D eigenvalue weighted by atomic mass is 32.2. The Kier molecular flexibility index (Phi) is 7.24. The molecule has 9 heteroatoms. The molecule has 3 N–H and O–H groups in total. The average Bonchev–Trinajstić information content (AvgIpc) is 3.09. The van der Waals surface area contributed by atoms with Gasteiger partial charge in [0.1, 0.15) is 0 Å². The smallest absolute Gasteiger partial charge is 0.250 e. The van der Waals surface area contributed by atoms with E-state index in [4.69, 9.17) is 5.21 Å². The van der Waals surface area contributed by atoms with Crippen LogP contribution in [0.5, 0.6) is 0 Å². The number of nitrogens with zero attached hydrogens (tertiary/aromatic N) is 2. The number of aryl methyl sites for hydroxylation is 1. The van der Waals surface area contributed by atoms with Crippen LogP contribution >= 0.6 is 11.3 Å². The van der Waals surface area contributed by atoms with Gasteiger partial charge in [-0.05, 0) is 50.4 Å². The number of carbonyl (C=O) groups excluding carboxylic acids is 1. The summed E-state index contributed by atoms with van der Waals surface area (Å²) in [4.78, 5) is 18.7. The number of hydroxylamine groups is 1. The zero-order chi connectivity index (χ0) is 21.7. The van der Waals surface area contributed by atoms with Gasteiger partial charge in [0, 0.05) is 31.0 Å². The standard InChI is InChI=1S/C21H23N3O4S2/c1-21(14-30(27)28,20(25)23-26)10-9-19-22-17-8-7-15(11-18(17)29-19)5-3-4-6-16-12-24(2)13-16/h7-8,11,16,26H,9-10,12-14H2,1-2H3,(H,23,25)(H,27,28)/t21-/m0/s1. The van der Waals surface area contributed by atoms with Crippen LogP contribution in [0.25, 0.3) is 10.2 Å². The molecule has 1 saturated heterocycles. The SMILES string of the molecule is CN1CC(C#CC#Cc2ccc3nc(CC[C@@](C)(CS(=O)O)C(=O)NO)sc3c2)C1. The molecule has 2 heterocycles. The summed E-state index contributed by atoms with van der Waals surface area (Å²) in [7, 11) is 2.07. The Labute approximate surface area is 182 Å². The predicted octanol–water partition coefficient (Wildman–Crippen LogP) is 1.88. The molecule has 1 aliphatic heterocycles. The number of benzene rings is 1. The minimum Gasteiger partial charge on any atom is -0.306 e. The van der Waals surface area contributed by atoms with Crippen LogP contribution < -0.4 is 5.48 Å². The quantitative estimate of drug-likeness (QED) is 0.272. The first-order chi connectivity index (χ1) is 14.3. The molecule has 30 heavy (non-hydrogen) atoms. The average molecular weight is 446 g/mol. The van der Waals surface area contributed by atoms with E-state index in [0.29, 0.717) is 12.3 Å². The van der Waals surface area contributed by atoms with Gasteiger partial charge in [0.05, 0.1) is 26.4 Å². The van der Waals surface area contributed by atoms with Crippen LogP contribution in [0.1, 0.15) is 23.9 Å².